The Morgan fingerprint density at radius 1 is 1.47 bits per heavy atom. The van der Waals surface area contributed by atoms with Crippen molar-refractivity contribution in [2.24, 2.45) is 0 Å². The highest BCUT2D eigenvalue weighted by molar-refractivity contribution is 7.10. The first-order valence-electron chi connectivity index (χ1n) is 5.91. The van der Waals surface area contributed by atoms with Crippen molar-refractivity contribution in [2.75, 3.05) is 0 Å². The Kier molecular flexibility index (Phi) is 2.72. The molecular formula is C12H15N3OS. The maximum Gasteiger partial charge on any atom is 0.137 e. The first-order valence-corrected chi connectivity index (χ1v) is 6.79. The zero-order valence-electron chi connectivity index (χ0n) is 9.49. The van der Waals surface area contributed by atoms with E-state index >= 15 is 0 Å². The molecule has 0 bridgehead atoms. The molecule has 0 spiro atoms. The van der Waals surface area contributed by atoms with Gasteiger partial charge in [-0.15, -0.1) is 11.3 Å². The van der Waals surface area contributed by atoms with Crippen molar-refractivity contribution in [1.29, 1.82) is 0 Å². The normalized spacial score (nSPS) is 29.4. The molecule has 1 aliphatic carbocycles. The summed E-state index contributed by atoms with van der Waals surface area (Å²) in [6.07, 6.45) is 7.20. The van der Waals surface area contributed by atoms with Crippen molar-refractivity contribution in [3.63, 3.8) is 0 Å². The van der Waals surface area contributed by atoms with E-state index in [2.05, 4.69) is 10.1 Å². The lowest BCUT2D eigenvalue weighted by atomic mass is 9.79. The van der Waals surface area contributed by atoms with Crippen molar-refractivity contribution in [3.8, 4) is 0 Å². The van der Waals surface area contributed by atoms with Gasteiger partial charge in [-0.1, -0.05) is 18.9 Å². The molecule has 5 heteroatoms. The fraction of sp³-hybridized carbons (Fsp3) is 0.500. The van der Waals surface area contributed by atoms with E-state index in [-0.39, 0.29) is 6.04 Å². The third-order valence-electron chi connectivity index (χ3n) is 3.54. The largest absolute Gasteiger partial charge is 0.382 e. The fourth-order valence-electron chi connectivity index (χ4n) is 2.68. The van der Waals surface area contributed by atoms with E-state index in [0.717, 1.165) is 30.6 Å². The van der Waals surface area contributed by atoms with E-state index < -0.39 is 5.60 Å². The molecule has 3 rings (SSSR count). The van der Waals surface area contributed by atoms with Crippen molar-refractivity contribution < 1.29 is 5.11 Å². The molecule has 0 amide bonds. The highest BCUT2D eigenvalue weighted by Gasteiger charge is 2.42. The number of hydrogen-bond donors (Lipinski definition) is 1. The summed E-state index contributed by atoms with van der Waals surface area (Å²) < 4.78 is 1.80. The first kappa shape index (κ1) is 10.9. The smallest absolute Gasteiger partial charge is 0.137 e. The molecule has 2 atom stereocenters. The van der Waals surface area contributed by atoms with Gasteiger partial charge >= 0.3 is 0 Å². The predicted molar refractivity (Wildman–Crippen MR) is 65.7 cm³/mol. The number of nitrogens with zero attached hydrogens (tertiary/aromatic N) is 3. The summed E-state index contributed by atoms with van der Waals surface area (Å²) in [5.74, 6) is 0. The predicted octanol–water partition coefficient (Wildman–Crippen LogP) is 2.34. The molecule has 1 N–H and O–H groups in total. The Labute approximate surface area is 104 Å². The molecule has 2 aromatic rings. The molecule has 90 valence electrons. The lowest BCUT2D eigenvalue weighted by Gasteiger charge is -2.39. The molecule has 0 unspecified atom stereocenters. The van der Waals surface area contributed by atoms with Gasteiger partial charge in [0.1, 0.15) is 18.3 Å². The van der Waals surface area contributed by atoms with Crippen LogP contribution in [-0.4, -0.2) is 19.9 Å². The third kappa shape index (κ3) is 1.79. The van der Waals surface area contributed by atoms with Gasteiger partial charge in [-0.2, -0.15) is 5.10 Å². The minimum absolute atomic E-state index is 0.0115. The van der Waals surface area contributed by atoms with Crippen molar-refractivity contribution in [2.45, 2.75) is 37.3 Å². The Bertz CT molecular complexity index is 468. The van der Waals surface area contributed by atoms with Gasteiger partial charge in [0.05, 0.1) is 6.04 Å². The number of aliphatic hydroxyl groups is 1. The van der Waals surface area contributed by atoms with Gasteiger partial charge in [-0.05, 0) is 24.3 Å². The lowest BCUT2D eigenvalue weighted by molar-refractivity contribution is -0.0486. The van der Waals surface area contributed by atoms with E-state index in [1.165, 1.54) is 6.33 Å². The molecule has 0 saturated heterocycles. The maximum absolute atomic E-state index is 11.0. The van der Waals surface area contributed by atoms with E-state index in [9.17, 15) is 5.11 Å². The molecule has 2 aromatic heterocycles. The van der Waals surface area contributed by atoms with Gasteiger partial charge in [0.2, 0.25) is 0 Å². The highest BCUT2D eigenvalue weighted by atomic mass is 32.1. The van der Waals surface area contributed by atoms with Crippen molar-refractivity contribution in [3.05, 3.63) is 35.0 Å². The average Bonchev–Trinajstić information content (AvgIpc) is 3.03. The van der Waals surface area contributed by atoms with Gasteiger partial charge < -0.3 is 5.11 Å². The highest BCUT2D eigenvalue weighted by Crippen LogP contribution is 2.45. The van der Waals surface area contributed by atoms with Crippen LogP contribution in [0, 0.1) is 0 Å². The van der Waals surface area contributed by atoms with Crippen LogP contribution in [0.3, 0.4) is 0 Å². The summed E-state index contributed by atoms with van der Waals surface area (Å²) >= 11 is 1.62. The summed E-state index contributed by atoms with van der Waals surface area (Å²) in [6, 6.07) is 4.02. The molecule has 0 aliphatic heterocycles. The molecule has 4 nitrogen and oxygen atoms in total. The van der Waals surface area contributed by atoms with Crippen LogP contribution in [-0.2, 0) is 5.60 Å². The summed E-state index contributed by atoms with van der Waals surface area (Å²) in [5, 5.41) is 17.2. The second-order valence-corrected chi connectivity index (χ2v) is 5.49. The zero-order valence-corrected chi connectivity index (χ0v) is 10.3. The number of aromatic nitrogens is 3. The van der Waals surface area contributed by atoms with Gasteiger partial charge in [0.15, 0.2) is 0 Å². The second-order valence-electron chi connectivity index (χ2n) is 4.54. The quantitative estimate of drug-likeness (QED) is 0.888. The molecule has 1 saturated carbocycles. The molecule has 1 aliphatic rings. The average molecular weight is 249 g/mol. The minimum Gasteiger partial charge on any atom is -0.382 e. The molecule has 0 radical (unpaired) electrons. The van der Waals surface area contributed by atoms with Crippen molar-refractivity contribution in [1.82, 2.24) is 14.8 Å². The summed E-state index contributed by atoms with van der Waals surface area (Å²) in [5.41, 5.74) is -0.778. The standard InChI is InChI=1S/C12H15N3OS/c16-12(11-5-3-7-17-11)6-2-1-4-10(12)15-9-13-8-14-15/h3,5,7-10,16H,1-2,4,6H2/t10-,12-/m1/s1. The van der Waals surface area contributed by atoms with Gasteiger partial charge in [-0.25, -0.2) is 9.67 Å². The van der Waals surface area contributed by atoms with Crippen molar-refractivity contribution >= 4 is 11.3 Å². The summed E-state index contributed by atoms with van der Waals surface area (Å²) in [6.45, 7) is 0. The van der Waals surface area contributed by atoms with E-state index in [4.69, 9.17) is 0 Å². The summed E-state index contributed by atoms with van der Waals surface area (Å²) in [7, 11) is 0. The Hall–Kier alpha value is -1.20. The SMILES string of the molecule is O[C@]1(c2cccs2)CCCC[C@H]1n1cncn1. The van der Waals surface area contributed by atoms with Crippen LogP contribution in [0.2, 0.25) is 0 Å². The molecular weight excluding hydrogens is 234 g/mol. The molecule has 17 heavy (non-hydrogen) atoms. The number of rotatable bonds is 2. The van der Waals surface area contributed by atoms with E-state index in [0.29, 0.717) is 0 Å². The maximum atomic E-state index is 11.0. The molecule has 2 heterocycles. The van der Waals surface area contributed by atoms with Crippen LogP contribution in [0.1, 0.15) is 36.6 Å². The van der Waals surface area contributed by atoms with Crippen LogP contribution in [0.15, 0.2) is 30.2 Å². The Morgan fingerprint density at radius 2 is 2.41 bits per heavy atom. The fourth-order valence-corrected chi connectivity index (χ4v) is 3.58. The van der Waals surface area contributed by atoms with Gasteiger partial charge in [-0.3, -0.25) is 0 Å². The summed E-state index contributed by atoms with van der Waals surface area (Å²) in [4.78, 5) is 5.03. The van der Waals surface area contributed by atoms with E-state index in [1.807, 2.05) is 17.5 Å². The number of hydrogen-bond acceptors (Lipinski definition) is 4. The molecule has 1 fully saturated rings. The Balaban J connectivity index is 2.00. The lowest BCUT2D eigenvalue weighted by Crippen LogP contribution is -2.39. The van der Waals surface area contributed by atoms with Gasteiger partial charge in [0, 0.05) is 4.88 Å². The topological polar surface area (TPSA) is 50.9 Å². The van der Waals surface area contributed by atoms with Crippen LogP contribution in [0.5, 0.6) is 0 Å². The molecule has 0 aromatic carbocycles. The van der Waals surface area contributed by atoms with E-state index in [1.54, 1.807) is 22.3 Å². The van der Waals surface area contributed by atoms with Crippen LogP contribution < -0.4 is 0 Å². The van der Waals surface area contributed by atoms with Crippen LogP contribution in [0.4, 0.5) is 0 Å². The zero-order chi connectivity index (χ0) is 11.7. The van der Waals surface area contributed by atoms with Crippen LogP contribution >= 0.6 is 11.3 Å². The first-order chi connectivity index (χ1) is 8.31. The minimum atomic E-state index is -0.778. The monoisotopic (exact) mass is 249 g/mol. The Morgan fingerprint density at radius 3 is 3.12 bits per heavy atom. The third-order valence-corrected chi connectivity index (χ3v) is 4.58. The number of thiophene rings is 1. The second kappa shape index (κ2) is 4.23. The van der Waals surface area contributed by atoms with Gasteiger partial charge in [0.25, 0.3) is 0 Å². The van der Waals surface area contributed by atoms with Crippen LogP contribution in [0.25, 0.3) is 0 Å².